The molecule has 0 aliphatic heterocycles. The fourth-order valence-electron chi connectivity index (χ4n) is 2.12. The van der Waals surface area contributed by atoms with Gasteiger partial charge in [-0.25, -0.2) is 4.68 Å². The molecule has 0 bridgehead atoms. The van der Waals surface area contributed by atoms with E-state index in [0.717, 1.165) is 13.0 Å². The zero-order chi connectivity index (χ0) is 9.26. The fraction of sp³-hybridized carbons (Fsp3) is 0.700. The van der Waals surface area contributed by atoms with Crippen LogP contribution in [0.1, 0.15) is 31.0 Å². The summed E-state index contributed by atoms with van der Waals surface area (Å²) < 4.78 is 2.08. The van der Waals surface area contributed by atoms with Crippen molar-refractivity contribution in [3.8, 4) is 0 Å². The minimum atomic E-state index is 0.961. The first-order valence-corrected chi connectivity index (χ1v) is 5.13. The summed E-state index contributed by atoms with van der Waals surface area (Å²) in [6.07, 6.45) is 4.98. The second kappa shape index (κ2) is 3.40. The van der Waals surface area contributed by atoms with Gasteiger partial charge in [-0.2, -0.15) is 5.10 Å². The van der Waals surface area contributed by atoms with Crippen molar-refractivity contribution in [3.63, 3.8) is 0 Å². The van der Waals surface area contributed by atoms with Gasteiger partial charge < -0.3 is 5.32 Å². The number of anilines is 1. The summed E-state index contributed by atoms with van der Waals surface area (Å²) in [4.78, 5) is 0. The Hall–Kier alpha value is -0.990. The minimum absolute atomic E-state index is 0.961. The predicted molar refractivity (Wildman–Crippen MR) is 54.1 cm³/mol. The minimum Gasteiger partial charge on any atom is -0.373 e. The van der Waals surface area contributed by atoms with Crippen molar-refractivity contribution in [1.82, 2.24) is 9.78 Å². The predicted octanol–water partition coefficient (Wildman–Crippen LogP) is 1.82. The molecule has 0 atom stereocenters. The van der Waals surface area contributed by atoms with Crippen LogP contribution in [0.3, 0.4) is 0 Å². The average molecular weight is 179 g/mol. The van der Waals surface area contributed by atoms with Gasteiger partial charge in [-0.05, 0) is 32.6 Å². The van der Waals surface area contributed by atoms with Crippen LogP contribution in [0.15, 0.2) is 0 Å². The quantitative estimate of drug-likeness (QED) is 0.750. The first-order valence-electron chi connectivity index (χ1n) is 5.13. The van der Waals surface area contributed by atoms with Crippen molar-refractivity contribution < 1.29 is 0 Å². The maximum absolute atomic E-state index is 4.59. The van der Waals surface area contributed by atoms with E-state index in [1.54, 1.807) is 0 Å². The standard InChI is InChI=1S/C10H17N3/c1-3-13-10(11-2)8-6-4-5-7-9(8)12-13/h11H,3-7H2,1-2H3. The molecule has 1 aromatic heterocycles. The Balaban J connectivity index is 2.44. The first kappa shape index (κ1) is 8.60. The number of hydrogen-bond acceptors (Lipinski definition) is 2. The van der Waals surface area contributed by atoms with E-state index >= 15 is 0 Å². The highest BCUT2D eigenvalue weighted by Gasteiger charge is 2.18. The zero-order valence-corrected chi connectivity index (χ0v) is 8.43. The van der Waals surface area contributed by atoms with Crippen LogP contribution in [0, 0.1) is 0 Å². The SMILES string of the molecule is CCn1nc2c(c1NC)CCCC2. The topological polar surface area (TPSA) is 29.9 Å². The smallest absolute Gasteiger partial charge is 0.127 e. The van der Waals surface area contributed by atoms with Gasteiger partial charge in [-0.15, -0.1) is 0 Å². The maximum Gasteiger partial charge on any atom is 0.127 e. The monoisotopic (exact) mass is 179 g/mol. The normalized spacial score (nSPS) is 15.5. The van der Waals surface area contributed by atoms with E-state index in [1.165, 1.54) is 36.3 Å². The molecular weight excluding hydrogens is 162 g/mol. The van der Waals surface area contributed by atoms with E-state index in [1.807, 2.05) is 7.05 Å². The van der Waals surface area contributed by atoms with E-state index in [-0.39, 0.29) is 0 Å². The molecule has 3 heteroatoms. The summed E-state index contributed by atoms with van der Waals surface area (Å²) in [5, 5.41) is 7.85. The molecule has 0 unspecified atom stereocenters. The molecule has 0 aromatic carbocycles. The summed E-state index contributed by atoms with van der Waals surface area (Å²) in [7, 11) is 1.98. The molecular formula is C10H17N3. The van der Waals surface area contributed by atoms with Crippen molar-refractivity contribution in [2.45, 2.75) is 39.2 Å². The Morgan fingerprint density at radius 2 is 2.15 bits per heavy atom. The van der Waals surface area contributed by atoms with E-state index in [0.29, 0.717) is 0 Å². The summed E-state index contributed by atoms with van der Waals surface area (Å²) in [6.45, 7) is 3.10. The van der Waals surface area contributed by atoms with Crippen LogP contribution in [-0.4, -0.2) is 16.8 Å². The molecule has 2 rings (SSSR count). The van der Waals surface area contributed by atoms with Crippen LogP contribution in [0.5, 0.6) is 0 Å². The lowest BCUT2D eigenvalue weighted by Crippen LogP contribution is -2.04. The molecule has 3 nitrogen and oxygen atoms in total. The van der Waals surface area contributed by atoms with Crippen molar-refractivity contribution >= 4 is 5.82 Å². The van der Waals surface area contributed by atoms with Gasteiger partial charge in [-0.3, -0.25) is 0 Å². The Bertz CT molecular complexity index is 291. The first-order chi connectivity index (χ1) is 6.36. The summed E-state index contributed by atoms with van der Waals surface area (Å²) >= 11 is 0. The summed E-state index contributed by atoms with van der Waals surface area (Å²) in [6, 6.07) is 0. The Morgan fingerprint density at radius 1 is 1.38 bits per heavy atom. The molecule has 0 saturated heterocycles. The number of fused-ring (bicyclic) bond motifs is 1. The van der Waals surface area contributed by atoms with E-state index in [4.69, 9.17) is 0 Å². The van der Waals surface area contributed by atoms with Gasteiger partial charge in [0.2, 0.25) is 0 Å². The summed E-state index contributed by atoms with van der Waals surface area (Å²) in [5.74, 6) is 1.23. The molecule has 1 aliphatic rings. The third-order valence-electron chi connectivity index (χ3n) is 2.76. The molecule has 0 spiro atoms. The molecule has 13 heavy (non-hydrogen) atoms. The third kappa shape index (κ3) is 1.32. The Morgan fingerprint density at radius 3 is 2.85 bits per heavy atom. The molecule has 0 saturated carbocycles. The zero-order valence-electron chi connectivity index (χ0n) is 8.43. The van der Waals surface area contributed by atoms with Crippen LogP contribution in [-0.2, 0) is 19.4 Å². The number of hydrogen-bond donors (Lipinski definition) is 1. The number of nitrogens with zero attached hydrogens (tertiary/aromatic N) is 2. The van der Waals surface area contributed by atoms with Crippen molar-refractivity contribution in [1.29, 1.82) is 0 Å². The van der Waals surface area contributed by atoms with Crippen molar-refractivity contribution in [2.24, 2.45) is 0 Å². The molecule has 1 heterocycles. The van der Waals surface area contributed by atoms with Gasteiger partial charge in [0.15, 0.2) is 0 Å². The van der Waals surface area contributed by atoms with E-state index in [9.17, 15) is 0 Å². The molecule has 1 aliphatic carbocycles. The van der Waals surface area contributed by atoms with Crippen LogP contribution >= 0.6 is 0 Å². The lowest BCUT2D eigenvalue weighted by Gasteiger charge is -2.10. The van der Waals surface area contributed by atoms with Crippen LogP contribution in [0.25, 0.3) is 0 Å². The lowest BCUT2D eigenvalue weighted by atomic mass is 9.97. The molecule has 1 N–H and O–H groups in total. The maximum atomic E-state index is 4.59. The largest absolute Gasteiger partial charge is 0.373 e. The second-order valence-corrected chi connectivity index (χ2v) is 3.55. The highest BCUT2D eigenvalue weighted by molar-refractivity contribution is 5.48. The molecule has 1 aromatic rings. The number of aromatic nitrogens is 2. The molecule has 72 valence electrons. The highest BCUT2D eigenvalue weighted by Crippen LogP contribution is 2.27. The second-order valence-electron chi connectivity index (χ2n) is 3.55. The average Bonchev–Trinajstić information content (AvgIpc) is 2.55. The van der Waals surface area contributed by atoms with Crippen molar-refractivity contribution in [3.05, 3.63) is 11.3 Å². The highest BCUT2D eigenvalue weighted by atomic mass is 15.3. The molecule has 0 radical (unpaired) electrons. The van der Waals surface area contributed by atoms with Gasteiger partial charge in [0.1, 0.15) is 5.82 Å². The van der Waals surface area contributed by atoms with E-state index in [2.05, 4.69) is 22.0 Å². The van der Waals surface area contributed by atoms with Crippen LogP contribution in [0.4, 0.5) is 5.82 Å². The van der Waals surface area contributed by atoms with Gasteiger partial charge >= 0.3 is 0 Å². The van der Waals surface area contributed by atoms with Gasteiger partial charge in [0, 0.05) is 19.2 Å². The number of rotatable bonds is 2. The van der Waals surface area contributed by atoms with Gasteiger partial charge in [0.25, 0.3) is 0 Å². The lowest BCUT2D eigenvalue weighted by molar-refractivity contribution is 0.634. The van der Waals surface area contributed by atoms with Crippen LogP contribution in [0.2, 0.25) is 0 Å². The van der Waals surface area contributed by atoms with Gasteiger partial charge in [0.05, 0.1) is 5.69 Å². The third-order valence-corrected chi connectivity index (χ3v) is 2.76. The number of aryl methyl sites for hydroxylation is 2. The summed E-state index contributed by atoms with van der Waals surface area (Å²) in [5.41, 5.74) is 2.77. The van der Waals surface area contributed by atoms with E-state index < -0.39 is 0 Å². The van der Waals surface area contributed by atoms with Crippen LogP contribution < -0.4 is 5.32 Å². The Labute approximate surface area is 79.1 Å². The Kier molecular flexibility index (Phi) is 2.25. The molecule has 0 fully saturated rings. The van der Waals surface area contributed by atoms with Gasteiger partial charge in [-0.1, -0.05) is 0 Å². The number of nitrogens with one attached hydrogen (secondary N) is 1. The fourth-order valence-corrected chi connectivity index (χ4v) is 2.12. The van der Waals surface area contributed by atoms with Crippen molar-refractivity contribution in [2.75, 3.05) is 12.4 Å². The molecule has 0 amide bonds.